The van der Waals surface area contributed by atoms with Gasteiger partial charge in [0.2, 0.25) is 0 Å². The number of likely N-dealkylation sites (N-methyl/N-ethyl adjacent to an activating group) is 1. The molecule has 0 radical (unpaired) electrons. The maximum absolute atomic E-state index is 9.33. The minimum absolute atomic E-state index is 0.337. The van der Waals surface area contributed by atoms with Crippen molar-refractivity contribution in [3.8, 4) is 6.07 Å². The van der Waals surface area contributed by atoms with Gasteiger partial charge in [0.25, 0.3) is 0 Å². The number of hydrogen-bond donors (Lipinski definition) is 1. The minimum atomic E-state index is -0.448. The third-order valence-corrected chi connectivity index (χ3v) is 3.51. The quantitative estimate of drug-likeness (QED) is 0.685. The average molecular weight is 255 g/mol. The second-order valence-electron chi connectivity index (χ2n) is 5.39. The summed E-state index contributed by atoms with van der Waals surface area (Å²) in [6.07, 6.45) is 1.86. The van der Waals surface area contributed by atoms with E-state index in [0.717, 1.165) is 19.4 Å². The molecule has 0 fully saturated rings. The zero-order valence-electron chi connectivity index (χ0n) is 12.8. The number of nitriles is 1. The summed E-state index contributed by atoms with van der Waals surface area (Å²) in [5, 5.41) is 12.7. The fraction of sp³-hybridized carbons (Fsp3) is 0.929. The van der Waals surface area contributed by atoms with E-state index in [1.54, 1.807) is 7.11 Å². The van der Waals surface area contributed by atoms with E-state index in [9.17, 15) is 5.26 Å². The van der Waals surface area contributed by atoms with Gasteiger partial charge in [-0.15, -0.1) is 0 Å². The molecule has 0 bridgehead atoms. The highest BCUT2D eigenvalue weighted by atomic mass is 16.5. The van der Waals surface area contributed by atoms with Crippen molar-refractivity contribution in [2.24, 2.45) is 0 Å². The highest BCUT2D eigenvalue weighted by Gasteiger charge is 2.28. The third kappa shape index (κ3) is 5.81. The van der Waals surface area contributed by atoms with Crippen LogP contribution >= 0.6 is 0 Å². The van der Waals surface area contributed by atoms with Crippen LogP contribution in [-0.4, -0.2) is 49.8 Å². The second kappa shape index (κ2) is 8.47. The van der Waals surface area contributed by atoms with Crippen LogP contribution in [0.3, 0.4) is 0 Å². The first-order chi connectivity index (χ1) is 8.40. The van der Waals surface area contributed by atoms with Crippen LogP contribution in [0.2, 0.25) is 0 Å². The van der Waals surface area contributed by atoms with Gasteiger partial charge in [0.15, 0.2) is 0 Å². The van der Waals surface area contributed by atoms with E-state index in [2.05, 4.69) is 44.1 Å². The number of nitrogens with zero attached hydrogens (tertiary/aromatic N) is 2. The Hall–Kier alpha value is -0.630. The monoisotopic (exact) mass is 255 g/mol. The first-order valence-electron chi connectivity index (χ1n) is 6.77. The molecule has 3 unspecified atom stereocenters. The molecular weight excluding hydrogens is 226 g/mol. The molecular formula is C14H29N3O. The van der Waals surface area contributed by atoms with E-state index in [-0.39, 0.29) is 0 Å². The van der Waals surface area contributed by atoms with E-state index < -0.39 is 5.54 Å². The molecule has 0 aliphatic rings. The summed E-state index contributed by atoms with van der Waals surface area (Å²) < 4.78 is 5.17. The van der Waals surface area contributed by atoms with Gasteiger partial charge >= 0.3 is 0 Å². The molecule has 0 saturated carbocycles. The van der Waals surface area contributed by atoms with Gasteiger partial charge in [-0.3, -0.25) is 10.2 Å². The maximum atomic E-state index is 9.33. The minimum Gasteiger partial charge on any atom is -0.383 e. The summed E-state index contributed by atoms with van der Waals surface area (Å²) in [6, 6.07) is 3.10. The molecule has 0 aliphatic carbocycles. The average Bonchev–Trinajstić information content (AvgIpc) is 2.35. The van der Waals surface area contributed by atoms with Crippen LogP contribution < -0.4 is 5.32 Å². The van der Waals surface area contributed by atoms with Crippen LogP contribution in [-0.2, 0) is 4.74 Å². The standard InChI is InChI=1S/C14H29N3O/c1-7-8-16-14(4,11-15)9-12(2)17(5)13(3)10-18-6/h12-13,16H,7-10H2,1-6H3. The summed E-state index contributed by atoms with van der Waals surface area (Å²) in [7, 11) is 3.81. The summed E-state index contributed by atoms with van der Waals surface area (Å²) >= 11 is 0. The van der Waals surface area contributed by atoms with Gasteiger partial charge in [-0.1, -0.05) is 6.92 Å². The predicted molar refractivity (Wildman–Crippen MR) is 75.5 cm³/mol. The van der Waals surface area contributed by atoms with Crippen molar-refractivity contribution in [2.45, 2.75) is 58.2 Å². The van der Waals surface area contributed by atoms with Gasteiger partial charge in [0.05, 0.1) is 12.7 Å². The van der Waals surface area contributed by atoms with Crippen molar-refractivity contribution in [3.05, 3.63) is 0 Å². The number of rotatable bonds is 9. The summed E-state index contributed by atoms with van der Waals surface area (Å²) in [5.41, 5.74) is -0.448. The highest BCUT2D eigenvalue weighted by molar-refractivity contribution is 5.05. The fourth-order valence-corrected chi connectivity index (χ4v) is 2.09. The Labute approximate surface area is 112 Å². The van der Waals surface area contributed by atoms with E-state index >= 15 is 0 Å². The Morgan fingerprint density at radius 2 is 2.00 bits per heavy atom. The lowest BCUT2D eigenvalue weighted by Crippen LogP contribution is -2.49. The molecule has 1 N–H and O–H groups in total. The van der Waals surface area contributed by atoms with E-state index in [4.69, 9.17) is 4.74 Å². The Bertz CT molecular complexity index is 264. The summed E-state index contributed by atoms with van der Waals surface area (Å²) in [6.45, 7) is 9.99. The SMILES string of the molecule is CCCNC(C)(C#N)CC(C)N(C)C(C)COC. The molecule has 3 atom stereocenters. The zero-order valence-corrected chi connectivity index (χ0v) is 12.8. The molecule has 4 nitrogen and oxygen atoms in total. The van der Waals surface area contributed by atoms with Crippen molar-refractivity contribution in [3.63, 3.8) is 0 Å². The van der Waals surface area contributed by atoms with Crippen molar-refractivity contribution in [1.29, 1.82) is 5.26 Å². The summed E-state index contributed by atoms with van der Waals surface area (Å²) in [5.74, 6) is 0. The molecule has 0 aromatic rings. The van der Waals surface area contributed by atoms with Gasteiger partial charge < -0.3 is 4.74 Å². The van der Waals surface area contributed by atoms with Crippen molar-refractivity contribution < 1.29 is 4.74 Å². The van der Waals surface area contributed by atoms with Crippen molar-refractivity contribution >= 4 is 0 Å². The fourth-order valence-electron chi connectivity index (χ4n) is 2.09. The van der Waals surface area contributed by atoms with Gasteiger partial charge in [0.1, 0.15) is 5.54 Å². The Morgan fingerprint density at radius 3 is 2.44 bits per heavy atom. The number of hydrogen-bond acceptors (Lipinski definition) is 4. The normalized spacial score (nSPS) is 18.1. The number of methoxy groups -OCH3 is 1. The summed E-state index contributed by atoms with van der Waals surface area (Å²) in [4.78, 5) is 2.27. The van der Waals surface area contributed by atoms with Gasteiger partial charge in [-0.05, 0) is 47.2 Å². The Kier molecular flexibility index (Phi) is 8.17. The van der Waals surface area contributed by atoms with E-state index in [1.165, 1.54) is 0 Å². The zero-order chi connectivity index (χ0) is 14.2. The molecule has 0 amide bonds. The molecule has 0 saturated heterocycles. The number of ether oxygens (including phenoxy) is 1. The highest BCUT2D eigenvalue weighted by Crippen LogP contribution is 2.16. The van der Waals surface area contributed by atoms with Crippen LogP contribution in [0, 0.1) is 11.3 Å². The number of nitrogens with one attached hydrogen (secondary N) is 1. The van der Waals surface area contributed by atoms with Gasteiger partial charge in [0, 0.05) is 19.2 Å². The lowest BCUT2D eigenvalue weighted by molar-refractivity contribution is 0.0851. The Morgan fingerprint density at radius 1 is 1.39 bits per heavy atom. The van der Waals surface area contributed by atoms with Crippen LogP contribution in [0.4, 0.5) is 0 Å². The van der Waals surface area contributed by atoms with Crippen molar-refractivity contribution in [1.82, 2.24) is 10.2 Å². The topological polar surface area (TPSA) is 48.3 Å². The smallest absolute Gasteiger partial charge is 0.105 e. The van der Waals surface area contributed by atoms with Crippen LogP contribution in [0.25, 0.3) is 0 Å². The van der Waals surface area contributed by atoms with Crippen molar-refractivity contribution in [2.75, 3.05) is 27.3 Å². The Balaban J connectivity index is 4.42. The van der Waals surface area contributed by atoms with Crippen LogP contribution in [0.5, 0.6) is 0 Å². The van der Waals surface area contributed by atoms with E-state index in [0.29, 0.717) is 18.7 Å². The van der Waals surface area contributed by atoms with Gasteiger partial charge in [-0.2, -0.15) is 5.26 Å². The lowest BCUT2D eigenvalue weighted by atomic mass is 9.94. The molecule has 0 aromatic heterocycles. The van der Waals surface area contributed by atoms with E-state index in [1.807, 2.05) is 6.92 Å². The molecule has 106 valence electrons. The molecule has 0 aromatic carbocycles. The van der Waals surface area contributed by atoms with Crippen LogP contribution in [0.1, 0.15) is 40.5 Å². The molecule has 0 heterocycles. The first-order valence-corrected chi connectivity index (χ1v) is 6.77. The molecule has 18 heavy (non-hydrogen) atoms. The second-order valence-corrected chi connectivity index (χ2v) is 5.39. The molecule has 0 spiro atoms. The van der Waals surface area contributed by atoms with Crippen LogP contribution in [0.15, 0.2) is 0 Å². The maximum Gasteiger partial charge on any atom is 0.105 e. The lowest BCUT2D eigenvalue weighted by Gasteiger charge is -2.35. The first kappa shape index (κ1) is 17.4. The largest absolute Gasteiger partial charge is 0.383 e. The third-order valence-electron chi connectivity index (χ3n) is 3.51. The molecule has 0 aliphatic heterocycles. The molecule has 0 rings (SSSR count). The predicted octanol–water partition coefficient (Wildman–Crippen LogP) is 2.01. The van der Waals surface area contributed by atoms with Gasteiger partial charge in [-0.25, -0.2) is 0 Å². The molecule has 4 heteroatoms.